The molecular formula is C27H28BrNO4. The van der Waals surface area contributed by atoms with Gasteiger partial charge in [0.2, 0.25) is 0 Å². The minimum Gasteiger partial charge on any atom is -0.493 e. The monoisotopic (exact) mass is 509 g/mol. The summed E-state index contributed by atoms with van der Waals surface area (Å²) < 4.78 is 12.7. The lowest BCUT2D eigenvalue weighted by Crippen LogP contribution is -2.41. The van der Waals surface area contributed by atoms with Gasteiger partial charge in [-0.2, -0.15) is 0 Å². The summed E-state index contributed by atoms with van der Waals surface area (Å²) in [5.41, 5.74) is 3.24. The number of likely N-dealkylation sites (tertiary alicyclic amines) is 1. The fraction of sp³-hybridized carbons (Fsp3) is 0.296. The number of nitrogens with zero attached hydrogens (tertiary/aromatic N) is 1. The zero-order valence-electron chi connectivity index (χ0n) is 18.6. The summed E-state index contributed by atoms with van der Waals surface area (Å²) in [6, 6.07) is 24.1. The Morgan fingerprint density at radius 2 is 1.85 bits per heavy atom. The van der Waals surface area contributed by atoms with Crippen molar-refractivity contribution >= 4 is 21.9 Å². The Balaban J connectivity index is 1.65. The minimum atomic E-state index is -0.727. The highest BCUT2D eigenvalue weighted by atomic mass is 79.9. The van der Waals surface area contributed by atoms with E-state index in [-0.39, 0.29) is 12.0 Å². The topological polar surface area (TPSA) is 59.0 Å². The Labute approximate surface area is 203 Å². The molecule has 172 valence electrons. The lowest BCUT2D eigenvalue weighted by atomic mass is 9.91. The van der Waals surface area contributed by atoms with Gasteiger partial charge in [-0.05, 0) is 60.3 Å². The quantitative estimate of drug-likeness (QED) is 0.408. The van der Waals surface area contributed by atoms with Crippen molar-refractivity contribution in [2.24, 2.45) is 5.92 Å². The first-order chi connectivity index (χ1) is 16.0. The van der Waals surface area contributed by atoms with E-state index in [1.807, 2.05) is 54.6 Å². The molecule has 1 saturated heterocycles. The zero-order valence-corrected chi connectivity index (χ0v) is 20.2. The first-order valence-corrected chi connectivity index (χ1v) is 11.9. The molecule has 6 heteroatoms. The van der Waals surface area contributed by atoms with E-state index in [9.17, 15) is 9.90 Å². The smallest absolute Gasteiger partial charge is 0.307 e. The van der Waals surface area contributed by atoms with Crippen molar-refractivity contribution in [2.75, 3.05) is 20.2 Å². The summed E-state index contributed by atoms with van der Waals surface area (Å²) in [4.78, 5) is 14.0. The van der Waals surface area contributed by atoms with Gasteiger partial charge in [0.25, 0.3) is 0 Å². The van der Waals surface area contributed by atoms with Gasteiger partial charge < -0.3 is 14.6 Å². The highest BCUT2D eigenvalue weighted by molar-refractivity contribution is 9.10. The van der Waals surface area contributed by atoms with Gasteiger partial charge in [-0.3, -0.25) is 9.69 Å². The standard InChI is InChI=1S/C27H28BrNO4/c1-32-25-16-21(12-13-24(25)33-18-19-7-3-2-4-8-19)26(20-9-5-11-23(28)15-20)29-14-6-10-22(17-29)27(30)31/h2-5,7-9,11-13,15-16,22,26H,6,10,14,17-18H2,1H3,(H,30,31). The Hall–Kier alpha value is -2.83. The number of carboxylic acids is 1. The van der Waals surface area contributed by atoms with Gasteiger partial charge >= 0.3 is 5.97 Å². The Morgan fingerprint density at radius 3 is 2.58 bits per heavy atom. The molecule has 1 N–H and O–H groups in total. The van der Waals surface area contributed by atoms with E-state index >= 15 is 0 Å². The van der Waals surface area contributed by atoms with E-state index in [0.29, 0.717) is 31.1 Å². The molecule has 2 unspecified atom stereocenters. The summed E-state index contributed by atoms with van der Waals surface area (Å²) in [6.07, 6.45) is 1.57. The van der Waals surface area contributed by atoms with Crippen LogP contribution in [-0.4, -0.2) is 36.2 Å². The van der Waals surface area contributed by atoms with E-state index < -0.39 is 5.97 Å². The van der Waals surface area contributed by atoms with Gasteiger partial charge in [0, 0.05) is 11.0 Å². The molecule has 33 heavy (non-hydrogen) atoms. The molecule has 3 aromatic carbocycles. The molecule has 1 heterocycles. The summed E-state index contributed by atoms with van der Waals surface area (Å²) >= 11 is 3.59. The average molecular weight is 510 g/mol. The van der Waals surface area contributed by atoms with Crippen molar-refractivity contribution in [2.45, 2.75) is 25.5 Å². The number of hydrogen-bond acceptors (Lipinski definition) is 4. The first-order valence-electron chi connectivity index (χ1n) is 11.1. The first kappa shape index (κ1) is 23.3. The molecule has 0 radical (unpaired) electrons. The molecule has 2 atom stereocenters. The predicted molar refractivity (Wildman–Crippen MR) is 132 cm³/mol. The highest BCUT2D eigenvalue weighted by Crippen LogP contribution is 2.38. The maximum absolute atomic E-state index is 11.7. The molecule has 4 rings (SSSR count). The van der Waals surface area contributed by atoms with Crippen LogP contribution in [0.1, 0.15) is 35.6 Å². The second kappa shape index (κ2) is 10.9. The lowest BCUT2D eigenvalue weighted by molar-refractivity contribution is -0.143. The van der Waals surface area contributed by atoms with Crippen LogP contribution in [0.5, 0.6) is 11.5 Å². The third-order valence-electron chi connectivity index (χ3n) is 6.07. The SMILES string of the molecule is COc1cc(C(c2cccc(Br)c2)N2CCCC(C(=O)O)C2)ccc1OCc1ccccc1. The van der Waals surface area contributed by atoms with Crippen LogP contribution in [0.3, 0.4) is 0 Å². The molecule has 0 amide bonds. The molecular weight excluding hydrogens is 482 g/mol. The van der Waals surface area contributed by atoms with Gasteiger partial charge in [-0.15, -0.1) is 0 Å². The van der Waals surface area contributed by atoms with E-state index in [2.05, 4.69) is 39.0 Å². The number of hydrogen-bond donors (Lipinski definition) is 1. The number of halogens is 1. The third kappa shape index (κ3) is 5.75. The van der Waals surface area contributed by atoms with E-state index in [0.717, 1.165) is 34.1 Å². The van der Waals surface area contributed by atoms with E-state index in [1.54, 1.807) is 7.11 Å². The lowest BCUT2D eigenvalue weighted by Gasteiger charge is -2.37. The molecule has 0 saturated carbocycles. The fourth-order valence-corrected chi connectivity index (χ4v) is 4.86. The van der Waals surface area contributed by atoms with E-state index in [4.69, 9.17) is 9.47 Å². The van der Waals surface area contributed by atoms with E-state index in [1.165, 1.54) is 0 Å². The van der Waals surface area contributed by atoms with Crippen molar-refractivity contribution in [3.8, 4) is 11.5 Å². The van der Waals surface area contributed by atoms with Crippen LogP contribution in [0.15, 0.2) is 77.3 Å². The summed E-state index contributed by atoms with van der Waals surface area (Å²) in [5.74, 6) is 0.258. The molecule has 1 aliphatic heterocycles. The number of ether oxygens (including phenoxy) is 2. The number of aliphatic carboxylic acids is 1. The summed E-state index contributed by atoms with van der Waals surface area (Å²) in [5, 5.41) is 9.62. The van der Waals surface area contributed by atoms with Crippen molar-refractivity contribution in [3.63, 3.8) is 0 Å². The fourth-order valence-electron chi connectivity index (χ4n) is 4.44. The van der Waals surface area contributed by atoms with Crippen LogP contribution in [0.4, 0.5) is 0 Å². The Morgan fingerprint density at radius 1 is 1.06 bits per heavy atom. The van der Waals surface area contributed by atoms with Gasteiger partial charge in [-0.1, -0.05) is 64.5 Å². The normalized spacial score (nSPS) is 17.3. The van der Waals surface area contributed by atoms with Crippen LogP contribution in [0.25, 0.3) is 0 Å². The summed E-state index contributed by atoms with van der Waals surface area (Å²) in [7, 11) is 1.64. The predicted octanol–water partition coefficient (Wildman–Crippen LogP) is 5.92. The van der Waals surface area contributed by atoms with Crippen LogP contribution >= 0.6 is 15.9 Å². The molecule has 0 bridgehead atoms. The number of carbonyl (C=O) groups is 1. The number of benzene rings is 3. The van der Waals surface area contributed by atoms with Gasteiger partial charge in [0.15, 0.2) is 11.5 Å². The summed E-state index contributed by atoms with van der Waals surface area (Å²) in [6.45, 7) is 1.81. The number of piperidine rings is 1. The molecule has 1 aliphatic rings. The van der Waals surface area contributed by atoms with Crippen molar-refractivity contribution in [3.05, 3.63) is 94.0 Å². The molecule has 1 fully saturated rings. The number of carboxylic acid groups (broad SMARTS) is 1. The maximum atomic E-state index is 11.7. The Kier molecular flexibility index (Phi) is 7.68. The van der Waals surface area contributed by atoms with Gasteiger partial charge in [-0.25, -0.2) is 0 Å². The zero-order chi connectivity index (χ0) is 23.2. The van der Waals surface area contributed by atoms with Gasteiger partial charge in [0.05, 0.1) is 19.1 Å². The molecule has 0 aliphatic carbocycles. The minimum absolute atomic E-state index is 0.0817. The molecule has 5 nitrogen and oxygen atoms in total. The maximum Gasteiger partial charge on any atom is 0.307 e. The number of rotatable bonds is 8. The van der Waals surface area contributed by atoms with Crippen molar-refractivity contribution < 1.29 is 19.4 Å². The van der Waals surface area contributed by atoms with Crippen LogP contribution in [0, 0.1) is 5.92 Å². The largest absolute Gasteiger partial charge is 0.493 e. The highest BCUT2D eigenvalue weighted by Gasteiger charge is 2.31. The molecule has 0 aromatic heterocycles. The number of methoxy groups -OCH3 is 1. The van der Waals surface area contributed by atoms with Crippen molar-refractivity contribution in [1.82, 2.24) is 4.90 Å². The molecule has 3 aromatic rings. The third-order valence-corrected chi connectivity index (χ3v) is 6.57. The molecule has 0 spiro atoms. The average Bonchev–Trinajstić information content (AvgIpc) is 2.84. The Bertz CT molecular complexity index is 1090. The van der Waals surface area contributed by atoms with Gasteiger partial charge in [0.1, 0.15) is 6.61 Å². The van der Waals surface area contributed by atoms with Crippen LogP contribution < -0.4 is 9.47 Å². The van der Waals surface area contributed by atoms with Crippen molar-refractivity contribution in [1.29, 1.82) is 0 Å². The van der Waals surface area contributed by atoms with Crippen LogP contribution in [0.2, 0.25) is 0 Å². The second-order valence-corrected chi connectivity index (χ2v) is 9.23. The second-order valence-electron chi connectivity index (χ2n) is 8.31. The van der Waals surface area contributed by atoms with Crippen LogP contribution in [-0.2, 0) is 11.4 Å².